The van der Waals surface area contributed by atoms with E-state index in [0.29, 0.717) is 18.4 Å². The Bertz CT molecular complexity index is 1130. The minimum atomic E-state index is -0.380. The molecule has 4 nitrogen and oxygen atoms in total. The molecule has 0 atom stereocenters. The summed E-state index contributed by atoms with van der Waals surface area (Å²) in [5, 5.41) is 3.30. The van der Waals surface area contributed by atoms with Crippen LogP contribution in [0.1, 0.15) is 70.2 Å². The molecule has 164 valence electrons. The van der Waals surface area contributed by atoms with Crippen LogP contribution >= 0.6 is 11.3 Å². The molecule has 1 aromatic carbocycles. The lowest BCUT2D eigenvalue weighted by Crippen LogP contribution is -2.03. The van der Waals surface area contributed by atoms with Crippen molar-refractivity contribution in [2.24, 2.45) is 0 Å². The Balaban J connectivity index is 2.26. The van der Waals surface area contributed by atoms with E-state index in [1.165, 1.54) is 24.3 Å². The van der Waals surface area contributed by atoms with Gasteiger partial charge >= 0.3 is 5.97 Å². The van der Waals surface area contributed by atoms with Crippen molar-refractivity contribution in [2.45, 2.75) is 53.4 Å². The van der Waals surface area contributed by atoms with Gasteiger partial charge in [0, 0.05) is 28.8 Å². The van der Waals surface area contributed by atoms with E-state index in [2.05, 4.69) is 56.3 Å². The van der Waals surface area contributed by atoms with Crippen molar-refractivity contribution in [1.29, 1.82) is 0 Å². The molecule has 0 aliphatic heterocycles. The fourth-order valence-corrected chi connectivity index (χ4v) is 4.52. The first-order chi connectivity index (χ1) is 14.8. The average Bonchev–Trinajstić information content (AvgIpc) is 3.16. The molecule has 3 rings (SSSR count). The first kappa shape index (κ1) is 23.0. The van der Waals surface area contributed by atoms with Crippen LogP contribution in [0.25, 0.3) is 26.8 Å². The summed E-state index contributed by atoms with van der Waals surface area (Å²) < 4.78 is 12.1. The van der Waals surface area contributed by atoms with Crippen molar-refractivity contribution >= 4 is 33.0 Å². The van der Waals surface area contributed by atoms with Crippen LogP contribution in [0.2, 0.25) is 0 Å². The van der Waals surface area contributed by atoms with Crippen LogP contribution in [0.5, 0.6) is 5.75 Å². The van der Waals surface area contributed by atoms with Gasteiger partial charge in [-0.25, -0.2) is 4.79 Å². The number of carbonyl (C=O) groups is 1. The molecule has 0 amide bonds. The third-order valence-corrected chi connectivity index (χ3v) is 6.34. The predicted molar refractivity (Wildman–Crippen MR) is 130 cm³/mol. The maximum Gasteiger partial charge on any atom is 0.330 e. The monoisotopic (exact) mass is 437 g/mol. The van der Waals surface area contributed by atoms with E-state index in [1.54, 1.807) is 11.3 Å². The number of ether oxygens (including phenoxy) is 2. The molecule has 0 N–H and O–H groups in total. The topological polar surface area (TPSA) is 48.4 Å². The van der Waals surface area contributed by atoms with Gasteiger partial charge in [0.2, 0.25) is 0 Å². The van der Waals surface area contributed by atoms with Gasteiger partial charge in [-0.1, -0.05) is 33.8 Å². The minimum absolute atomic E-state index is 0.353. The van der Waals surface area contributed by atoms with E-state index >= 15 is 0 Å². The van der Waals surface area contributed by atoms with E-state index in [4.69, 9.17) is 9.47 Å². The Morgan fingerprint density at radius 1 is 1.13 bits per heavy atom. The predicted octanol–water partition coefficient (Wildman–Crippen LogP) is 7.19. The first-order valence-electron chi connectivity index (χ1n) is 10.7. The fourth-order valence-electron chi connectivity index (χ4n) is 3.61. The van der Waals surface area contributed by atoms with Crippen LogP contribution in [0.3, 0.4) is 0 Å². The Hall–Kier alpha value is -2.66. The summed E-state index contributed by atoms with van der Waals surface area (Å²) in [6, 6.07) is 6.61. The highest BCUT2D eigenvalue weighted by Crippen LogP contribution is 2.44. The number of fused-ring (bicyclic) bond motifs is 1. The second-order valence-electron chi connectivity index (χ2n) is 8.29. The molecular weight excluding hydrogens is 406 g/mol. The highest BCUT2D eigenvalue weighted by atomic mass is 32.1. The van der Waals surface area contributed by atoms with Gasteiger partial charge in [0.15, 0.2) is 0 Å². The zero-order chi connectivity index (χ0) is 22.7. The highest BCUT2D eigenvalue weighted by molar-refractivity contribution is 7.17. The molecular formula is C26H31NO3S. The van der Waals surface area contributed by atoms with Crippen molar-refractivity contribution in [2.75, 3.05) is 13.7 Å². The van der Waals surface area contributed by atoms with E-state index in [0.717, 1.165) is 38.2 Å². The SMILES string of the molecule is CCOc1c(-c2csc3cnc(/C(C)=C/C(=O)OC)cc23)cc(C(C)C)cc1C(C)C. The zero-order valence-electron chi connectivity index (χ0n) is 19.4. The minimum Gasteiger partial charge on any atom is -0.493 e. The van der Waals surface area contributed by atoms with Gasteiger partial charge in [-0.2, -0.15) is 0 Å². The van der Waals surface area contributed by atoms with Crippen molar-refractivity contribution in [1.82, 2.24) is 4.98 Å². The van der Waals surface area contributed by atoms with Gasteiger partial charge in [0.05, 0.1) is 24.1 Å². The largest absolute Gasteiger partial charge is 0.493 e. The van der Waals surface area contributed by atoms with Gasteiger partial charge in [-0.3, -0.25) is 4.98 Å². The summed E-state index contributed by atoms with van der Waals surface area (Å²) in [6.07, 6.45) is 3.35. The van der Waals surface area contributed by atoms with Crippen LogP contribution in [0.15, 0.2) is 35.9 Å². The second-order valence-corrected chi connectivity index (χ2v) is 9.21. The molecule has 0 bridgehead atoms. The molecule has 0 aliphatic rings. The van der Waals surface area contributed by atoms with E-state index < -0.39 is 0 Å². The summed E-state index contributed by atoms with van der Waals surface area (Å²) in [7, 11) is 1.38. The number of hydrogen-bond acceptors (Lipinski definition) is 5. The molecule has 0 saturated heterocycles. The lowest BCUT2D eigenvalue weighted by Gasteiger charge is -2.20. The zero-order valence-corrected chi connectivity index (χ0v) is 20.2. The van der Waals surface area contributed by atoms with Gasteiger partial charge in [-0.05, 0) is 59.9 Å². The van der Waals surface area contributed by atoms with Crippen LogP contribution in [-0.4, -0.2) is 24.7 Å². The van der Waals surface area contributed by atoms with Gasteiger partial charge in [0.1, 0.15) is 5.75 Å². The number of allylic oxidation sites excluding steroid dienone is 1. The Kier molecular flexibility index (Phi) is 7.16. The third kappa shape index (κ3) is 4.82. The number of thiophene rings is 1. The number of pyridine rings is 1. The van der Waals surface area contributed by atoms with Crippen molar-refractivity contribution in [3.05, 3.63) is 52.7 Å². The van der Waals surface area contributed by atoms with Crippen LogP contribution in [0, 0.1) is 0 Å². The van der Waals surface area contributed by atoms with Crippen molar-refractivity contribution < 1.29 is 14.3 Å². The van der Waals surface area contributed by atoms with Crippen LogP contribution in [-0.2, 0) is 9.53 Å². The average molecular weight is 438 g/mol. The Morgan fingerprint density at radius 2 is 1.87 bits per heavy atom. The molecule has 0 spiro atoms. The lowest BCUT2D eigenvalue weighted by atomic mass is 9.89. The normalized spacial score (nSPS) is 12.1. The summed E-state index contributed by atoms with van der Waals surface area (Å²) >= 11 is 1.67. The number of rotatable bonds is 7. The standard InChI is InChI=1S/C26H31NO3S/c1-8-30-26-19(16(4)5)10-18(15(2)3)11-21(26)22-14-31-24-13-27-23(12-20(22)24)17(6)9-25(28)29-7/h9-16H,8H2,1-7H3/b17-9+. The number of carbonyl (C=O) groups excluding carboxylic acids is 1. The molecule has 0 unspecified atom stereocenters. The second kappa shape index (κ2) is 9.65. The van der Waals surface area contributed by atoms with Crippen molar-refractivity contribution in [3.63, 3.8) is 0 Å². The van der Waals surface area contributed by atoms with Crippen LogP contribution < -0.4 is 4.74 Å². The van der Waals surface area contributed by atoms with Crippen LogP contribution in [0.4, 0.5) is 0 Å². The van der Waals surface area contributed by atoms with Gasteiger partial charge in [0.25, 0.3) is 0 Å². The number of esters is 1. The highest BCUT2D eigenvalue weighted by Gasteiger charge is 2.20. The lowest BCUT2D eigenvalue weighted by molar-refractivity contribution is -0.134. The summed E-state index contributed by atoms with van der Waals surface area (Å²) in [5.41, 5.74) is 6.34. The van der Waals surface area contributed by atoms with E-state index in [1.807, 2.05) is 20.0 Å². The number of aromatic nitrogens is 1. The van der Waals surface area contributed by atoms with Gasteiger partial charge < -0.3 is 9.47 Å². The number of nitrogens with zero attached hydrogens (tertiary/aromatic N) is 1. The maximum atomic E-state index is 11.7. The van der Waals surface area contributed by atoms with E-state index in [-0.39, 0.29) is 5.97 Å². The molecule has 31 heavy (non-hydrogen) atoms. The van der Waals surface area contributed by atoms with E-state index in [9.17, 15) is 4.79 Å². The fraction of sp³-hybridized carbons (Fsp3) is 0.385. The Morgan fingerprint density at radius 3 is 2.48 bits per heavy atom. The molecule has 0 radical (unpaired) electrons. The molecule has 0 saturated carbocycles. The number of hydrogen-bond donors (Lipinski definition) is 0. The molecule has 0 fully saturated rings. The first-order valence-corrected chi connectivity index (χ1v) is 11.6. The van der Waals surface area contributed by atoms with Gasteiger partial charge in [-0.15, -0.1) is 11.3 Å². The number of benzene rings is 1. The molecule has 0 aliphatic carbocycles. The third-order valence-electron chi connectivity index (χ3n) is 5.41. The molecule has 2 heterocycles. The summed E-state index contributed by atoms with van der Waals surface area (Å²) in [4.78, 5) is 16.2. The smallest absolute Gasteiger partial charge is 0.330 e. The maximum absolute atomic E-state index is 11.7. The Labute approximate surface area is 188 Å². The molecule has 5 heteroatoms. The quantitative estimate of drug-likeness (QED) is 0.290. The van der Waals surface area contributed by atoms with Crippen molar-refractivity contribution in [3.8, 4) is 16.9 Å². The molecule has 2 aromatic heterocycles. The number of methoxy groups -OCH3 is 1. The molecule has 3 aromatic rings. The summed E-state index contributed by atoms with van der Waals surface area (Å²) in [5.74, 6) is 1.35. The summed E-state index contributed by atoms with van der Waals surface area (Å²) in [6.45, 7) is 13.4.